The molecular formula is C28H32N6O4. The molecule has 2 aliphatic rings. The first kappa shape index (κ1) is 25.6. The average molecular weight is 517 g/mol. The van der Waals surface area contributed by atoms with Crippen LogP contribution in [0.2, 0.25) is 0 Å². The number of hydrogen-bond donors (Lipinski definition) is 3. The van der Waals surface area contributed by atoms with Crippen LogP contribution in [-0.2, 0) is 20.8 Å². The minimum absolute atomic E-state index is 0.0215. The number of benzene rings is 2. The summed E-state index contributed by atoms with van der Waals surface area (Å²) in [5.74, 6) is -1.14. The summed E-state index contributed by atoms with van der Waals surface area (Å²) in [6, 6.07) is 15.0. The second kappa shape index (κ2) is 10.7. The molecule has 2 aromatic carbocycles. The van der Waals surface area contributed by atoms with Crippen molar-refractivity contribution in [1.29, 1.82) is 0 Å². The van der Waals surface area contributed by atoms with Gasteiger partial charge in [0, 0.05) is 31.5 Å². The lowest BCUT2D eigenvalue weighted by Gasteiger charge is -2.27. The van der Waals surface area contributed by atoms with E-state index in [0.717, 1.165) is 35.2 Å². The maximum absolute atomic E-state index is 13.3. The summed E-state index contributed by atoms with van der Waals surface area (Å²) in [5, 5.41) is 21.3. The highest BCUT2D eigenvalue weighted by Gasteiger charge is 2.42. The molecule has 10 nitrogen and oxygen atoms in total. The standard InChI is InChI=1S/C28H32N6O4/c1-17(34-16-24(31-32-34)21-11-12-21)28(38)33-15-22(35)14-25(33)27(37)30-23(26(29)36)13-18-7-9-20(10-8-18)19-5-3-2-4-6-19/h2-10,16-17,21-23,25,35H,11-15H2,1H3,(H2,29,36)(H,30,37)/t17?,22-,23?,25+/m1/s1. The van der Waals surface area contributed by atoms with Crippen LogP contribution >= 0.6 is 0 Å². The van der Waals surface area contributed by atoms with Crippen LogP contribution in [0.5, 0.6) is 0 Å². The number of nitrogens with one attached hydrogen (secondary N) is 1. The lowest BCUT2D eigenvalue weighted by molar-refractivity contribution is -0.141. The van der Waals surface area contributed by atoms with Crippen molar-refractivity contribution in [2.24, 2.45) is 5.73 Å². The van der Waals surface area contributed by atoms with Crippen molar-refractivity contribution >= 4 is 17.7 Å². The Hall–Kier alpha value is -4.05. The number of aliphatic hydroxyl groups excluding tert-OH is 1. The van der Waals surface area contributed by atoms with Crippen molar-refractivity contribution in [3.63, 3.8) is 0 Å². The van der Waals surface area contributed by atoms with E-state index in [1.165, 1.54) is 9.58 Å². The molecule has 2 heterocycles. The molecule has 1 aliphatic carbocycles. The third-order valence-corrected chi connectivity index (χ3v) is 7.30. The number of primary amides is 1. The molecule has 5 rings (SSSR count). The topological polar surface area (TPSA) is 143 Å². The fourth-order valence-corrected chi connectivity index (χ4v) is 4.90. The molecule has 1 aromatic heterocycles. The lowest BCUT2D eigenvalue weighted by Crippen LogP contribution is -2.53. The zero-order chi connectivity index (χ0) is 26.8. The first-order valence-corrected chi connectivity index (χ1v) is 12.9. The third-order valence-electron chi connectivity index (χ3n) is 7.30. The minimum atomic E-state index is -0.964. The van der Waals surface area contributed by atoms with Gasteiger partial charge < -0.3 is 21.1 Å². The van der Waals surface area contributed by atoms with E-state index in [2.05, 4.69) is 15.6 Å². The normalized spacial score (nSPS) is 20.6. The Kier molecular flexibility index (Phi) is 7.24. The van der Waals surface area contributed by atoms with Crippen LogP contribution in [0.25, 0.3) is 11.1 Å². The molecule has 1 aliphatic heterocycles. The summed E-state index contributed by atoms with van der Waals surface area (Å²) >= 11 is 0. The number of nitrogens with zero attached hydrogens (tertiary/aromatic N) is 4. The van der Waals surface area contributed by atoms with Gasteiger partial charge >= 0.3 is 0 Å². The van der Waals surface area contributed by atoms with Crippen LogP contribution < -0.4 is 11.1 Å². The van der Waals surface area contributed by atoms with E-state index in [9.17, 15) is 19.5 Å². The molecule has 2 unspecified atom stereocenters. The van der Waals surface area contributed by atoms with E-state index < -0.39 is 36.0 Å². The van der Waals surface area contributed by atoms with Crippen LogP contribution in [0.1, 0.15) is 49.4 Å². The highest BCUT2D eigenvalue weighted by molar-refractivity contribution is 5.93. The molecule has 4 atom stereocenters. The SMILES string of the molecule is CC(C(=O)N1C[C@H](O)C[C@H]1C(=O)NC(Cc1ccc(-c2ccccc2)cc1)C(N)=O)n1cc(C2CC2)nn1. The van der Waals surface area contributed by atoms with Crippen LogP contribution in [0.15, 0.2) is 60.8 Å². The molecule has 3 aromatic rings. The quantitative estimate of drug-likeness (QED) is 0.394. The smallest absolute Gasteiger partial charge is 0.247 e. The predicted molar refractivity (Wildman–Crippen MR) is 140 cm³/mol. The van der Waals surface area contributed by atoms with E-state index in [1.807, 2.05) is 54.6 Å². The Morgan fingerprint density at radius 2 is 1.76 bits per heavy atom. The number of aromatic nitrogens is 3. The van der Waals surface area contributed by atoms with Gasteiger partial charge in [-0.15, -0.1) is 5.10 Å². The monoisotopic (exact) mass is 516 g/mol. The second-order valence-corrected chi connectivity index (χ2v) is 10.2. The molecule has 1 saturated carbocycles. The Morgan fingerprint density at radius 3 is 2.42 bits per heavy atom. The second-order valence-electron chi connectivity index (χ2n) is 10.2. The van der Waals surface area contributed by atoms with Crippen molar-refractivity contribution in [1.82, 2.24) is 25.2 Å². The highest BCUT2D eigenvalue weighted by Crippen LogP contribution is 2.38. The largest absolute Gasteiger partial charge is 0.391 e. The number of likely N-dealkylation sites (tertiary alicyclic amines) is 1. The predicted octanol–water partition coefficient (Wildman–Crippen LogP) is 1.56. The van der Waals surface area contributed by atoms with Crippen molar-refractivity contribution in [2.75, 3.05) is 6.54 Å². The summed E-state index contributed by atoms with van der Waals surface area (Å²) in [5.41, 5.74) is 9.44. The van der Waals surface area contributed by atoms with E-state index in [-0.39, 0.29) is 25.3 Å². The molecule has 2 fully saturated rings. The summed E-state index contributed by atoms with van der Waals surface area (Å²) in [4.78, 5) is 40.2. The van der Waals surface area contributed by atoms with Gasteiger partial charge in [0.1, 0.15) is 18.1 Å². The fourth-order valence-electron chi connectivity index (χ4n) is 4.90. The molecule has 10 heteroatoms. The van der Waals surface area contributed by atoms with Gasteiger partial charge in [0.05, 0.1) is 11.8 Å². The van der Waals surface area contributed by atoms with Crippen LogP contribution in [0.4, 0.5) is 0 Å². The van der Waals surface area contributed by atoms with Gasteiger partial charge in [-0.05, 0) is 36.5 Å². The minimum Gasteiger partial charge on any atom is -0.391 e. The molecule has 0 spiro atoms. The van der Waals surface area contributed by atoms with Gasteiger partial charge in [-0.2, -0.15) is 0 Å². The number of aliphatic hydroxyl groups is 1. The number of nitrogens with two attached hydrogens (primary N) is 1. The Labute approximate surface area is 220 Å². The fraction of sp³-hybridized carbons (Fsp3) is 0.393. The van der Waals surface area contributed by atoms with E-state index in [1.54, 1.807) is 13.1 Å². The van der Waals surface area contributed by atoms with Crippen LogP contribution in [0, 0.1) is 0 Å². The third kappa shape index (κ3) is 5.60. The molecule has 0 radical (unpaired) electrons. The summed E-state index contributed by atoms with van der Waals surface area (Å²) in [7, 11) is 0. The molecular weight excluding hydrogens is 484 g/mol. The van der Waals surface area contributed by atoms with Crippen LogP contribution in [-0.4, -0.2) is 67.5 Å². The number of hydrogen-bond acceptors (Lipinski definition) is 6. The van der Waals surface area contributed by atoms with Gasteiger partial charge in [0.2, 0.25) is 17.7 Å². The van der Waals surface area contributed by atoms with Crippen molar-refractivity contribution < 1.29 is 19.5 Å². The van der Waals surface area contributed by atoms with E-state index >= 15 is 0 Å². The van der Waals surface area contributed by atoms with Crippen LogP contribution in [0.3, 0.4) is 0 Å². The number of carbonyl (C=O) groups is 3. The molecule has 198 valence electrons. The van der Waals surface area contributed by atoms with Crippen molar-refractivity contribution in [3.05, 3.63) is 72.1 Å². The molecule has 1 saturated heterocycles. The molecule has 4 N–H and O–H groups in total. The first-order valence-electron chi connectivity index (χ1n) is 12.9. The van der Waals surface area contributed by atoms with Gasteiger partial charge in [0.15, 0.2) is 0 Å². The molecule has 3 amide bonds. The van der Waals surface area contributed by atoms with Crippen molar-refractivity contribution in [2.45, 2.75) is 62.8 Å². The summed E-state index contributed by atoms with van der Waals surface area (Å²) < 4.78 is 1.50. The Morgan fingerprint density at radius 1 is 1.08 bits per heavy atom. The maximum Gasteiger partial charge on any atom is 0.247 e. The number of carbonyl (C=O) groups excluding carboxylic acids is 3. The van der Waals surface area contributed by atoms with E-state index in [4.69, 9.17) is 5.73 Å². The zero-order valence-electron chi connectivity index (χ0n) is 21.2. The summed E-state index contributed by atoms with van der Waals surface area (Å²) in [6.07, 6.45) is 3.34. The van der Waals surface area contributed by atoms with Gasteiger partial charge in [0.25, 0.3) is 0 Å². The zero-order valence-corrected chi connectivity index (χ0v) is 21.2. The highest BCUT2D eigenvalue weighted by atomic mass is 16.3. The molecule has 38 heavy (non-hydrogen) atoms. The van der Waals surface area contributed by atoms with Crippen molar-refractivity contribution in [3.8, 4) is 11.1 Å². The Balaban J connectivity index is 1.25. The number of β-amino-alcohol motifs (C(OH)–C–C–N with tert-alkyl or cyclic N) is 1. The average Bonchev–Trinajstić information content (AvgIpc) is 3.52. The molecule has 0 bridgehead atoms. The first-order chi connectivity index (χ1) is 18.3. The lowest BCUT2D eigenvalue weighted by atomic mass is 10.00. The van der Waals surface area contributed by atoms with E-state index in [0.29, 0.717) is 5.92 Å². The van der Waals surface area contributed by atoms with Gasteiger partial charge in [-0.1, -0.05) is 59.8 Å². The van der Waals surface area contributed by atoms with Gasteiger partial charge in [-0.25, -0.2) is 4.68 Å². The Bertz CT molecular complexity index is 1300. The summed E-state index contributed by atoms with van der Waals surface area (Å²) in [6.45, 7) is 1.71. The maximum atomic E-state index is 13.3. The van der Waals surface area contributed by atoms with Gasteiger partial charge in [-0.3, -0.25) is 14.4 Å². The number of amides is 3. The number of rotatable bonds is 9.